The predicted molar refractivity (Wildman–Crippen MR) is 86.2 cm³/mol. The van der Waals surface area contributed by atoms with Crippen molar-refractivity contribution in [1.29, 1.82) is 0 Å². The van der Waals surface area contributed by atoms with E-state index in [4.69, 9.17) is 35.1 Å². The molecule has 146 valence electrons. The third-order valence-electron chi connectivity index (χ3n) is 2.36. The highest BCUT2D eigenvalue weighted by Crippen LogP contribution is 2.21. The molecule has 3 aromatic rings. The summed E-state index contributed by atoms with van der Waals surface area (Å²) in [6.07, 6.45) is 7.26. The number of rotatable bonds is 2. The van der Waals surface area contributed by atoms with Gasteiger partial charge < -0.3 is 46.0 Å². The first-order chi connectivity index (χ1) is 11.9. The monoisotopic (exact) mass is 386 g/mol. The quantitative estimate of drug-likeness (QED) is 0.381. The predicted octanol–water partition coefficient (Wildman–Crippen LogP) is -1.10. The molecule has 0 fully saturated rings. The molecular weight excluding hydrogens is 372 g/mol. The van der Waals surface area contributed by atoms with E-state index >= 15 is 0 Å². The summed E-state index contributed by atoms with van der Waals surface area (Å²) in [5.74, 6) is 1.03. The lowest BCUT2D eigenvalue weighted by Gasteiger charge is -1.90. The largest absolute Gasteiger partial charge is 0.416 e. The maximum atomic E-state index is 8.25. The fourth-order valence-corrected chi connectivity index (χ4v) is 1.52. The summed E-state index contributed by atoms with van der Waals surface area (Å²) in [4.78, 5) is 22.4. The van der Waals surface area contributed by atoms with Crippen molar-refractivity contribution in [2.45, 2.75) is 0 Å². The molecule has 0 unspecified atom stereocenters. The molecule has 3 aromatic heterocycles. The van der Waals surface area contributed by atoms with Crippen LogP contribution in [-0.4, -0.2) is 31.3 Å². The number of hydrogen-bond donors (Lipinski definition) is 0. The maximum Gasteiger partial charge on any atom is 0.248 e. The van der Waals surface area contributed by atoms with Crippen LogP contribution in [0.2, 0.25) is 0 Å². The van der Waals surface area contributed by atoms with E-state index in [0.717, 1.165) is 11.1 Å². The van der Waals surface area contributed by atoms with Crippen LogP contribution in [0.3, 0.4) is 0 Å². The standard InChI is InChI=1S/C12H8N4O.2NO3.2H2O/c1-5-13-6-2-9(1)11-15-16-12(17-11)10-3-7-14-8-4-10;2*2-1(3)4;;/h1-8H;;;2*1H2/q;2*-1;;/p+2. The minimum atomic E-state index is -1.75. The summed E-state index contributed by atoms with van der Waals surface area (Å²) >= 11 is 0. The first-order valence-electron chi connectivity index (χ1n) is 6.29. The van der Waals surface area contributed by atoms with Crippen molar-refractivity contribution in [3.8, 4) is 22.9 Å². The molecule has 0 saturated heterocycles. The van der Waals surface area contributed by atoms with Crippen LogP contribution in [0, 0.1) is 30.6 Å². The van der Waals surface area contributed by atoms with Crippen molar-refractivity contribution >= 4 is 0 Å². The van der Waals surface area contributed by atoms with Crippen LogP contribution < -0.4 is 9.97 Å². The Bertz CT molecular complexity index is 725. The molecule has 0 spiro atoms. The van der Waals surface area contributed by atoms with Crippen LogP contribution in [0.15, 0.2) is 53.5 Å². The second kappa shape index (κ2) is 13.1. The van der Waals surface area contributed by atoms with Crippen molar-refractivity contribution in [2.75, 3.05) is 0 Å². The normalized spacial score (nSPS) is 8.30. The number of nitrogens with one attached hydrogen (secondary N) is 2. The molecule has 0 bridgehead atoms. The summed E-state index contributed by atoms with van der Waals surface area (Å²) in [6.45, 7) is 0. The average molecular weight is 386 g/mol. The molecule has 6 N–H and O–H groups in total. The molecule has 0 aromatic carbocycles. The van der Waals surface area contributed by atoms with Gasteiger partial charge in [-0.05, 0) is 0 Å². The summed E-state index contributed by atoms with van der Waals surface area (Å²) < 4.78 is 5.61. The van der Waals surface area contributed by atoms with Gasteiger partial charge in [-0.15, -0.1) is 10.2 Å². The number of aromatic nitrogens is 4. The fraction of sp³-hybridized carbons (Fsp3) is 0. The highest BCUT2D eigenvalue weighted by molar-refractivity contribution is 5.56. The summed E-state index contributed by atoms with van der Waals surface area (Å²) in [5, 5.41) is 37.5. The molecular formula is C12H14N6O9. The Hall–Kier alpha value is -4.24. The van der Waals surface area contributed by atoms with E-state index in [2.05, 4.69) is 20.2 Å². The molecule has 3 heterocycles. The second-order valence-corrected chi connectivity index (χ2v) is 3.94. The van der Waals surface area contributed by atoms with E-state index in [1.807, 2.05) is 49.1 Å². The van der Waals surface area contributed by atoms with Gasteiger partial charge in [0.2, 0.25) is 11.8 Å². The average Bonchev–Trinajstić information content (AvgIpc) is 3.05. The first-order valence-corrected chi connectivity index (χ1v) is 6.29. The third-order valence-corrected chi connectivity index (χ3v) is 2.36. The minimum Gasteiger partial charge on any atom is -0.416 e. The van der Waals surface area contributed by atoms with Gasteiger partial charge in [-0.1, -0.05) is 0 Å². The lowest BCUT2D eigenvalue weighted by Crippen LogP contribution is -1.96. The molecule has 0 aliphatic carbocycles. The van der Waals surface area contributed by atoms with Crippen LogP contribution in [0.4, 0.5) is 0 Å². The van der Waals surface area contributed by atoms with Gasteiger partial charge in [0.1, 0.15) is 0 Å². The van der Waals surface area contributed by atoms with Crippen LogP contribution in [0.5, 0.6) is 0 Å². The molecule has 0 aliphatic heterocycles. The van der Waals surface area contributed by atoms with Crippen molar-refractivity contribution in [2.24, 2.45) is 0 Å². The topological polar surface area (TPSA) is 263 Å². The van der Waals surface area contributed by atoms with E-state index in [9.17, 15) is 0 Å². The van der Waals surface area contributed by atoms with E-state index in [1.54, 1.807) is 0 Å². The maximum absolute atomic E-state index is 8.25. The molecule has 15 heteroatoms. The number of hydrogen-bond acceptors (Lipinski definition) is 9. The third kappa shape index (κ3) is 10.3. The van der Waals surface area contributed by atoms with Gasteiger partial charge >= 0.3 is 0 Å². The summed E-state index contributed by atoms with van der Waals surface area (Å²) in [5.41, 5.74) is 1.79. The second-order valence-electron chi connectivity index (χ2n) is 3.94. The van der Waals surface area contributed by atoms with Crippen LogP contribution in [0.1, 0.15) is 0 Å². The zero-order valence-corrected chi connectivity index (χ0v) is 13.3. The Labute approximate surface area is 149 Å². The van der Waals surface area contributed by atoms with Gasteiger partial charge in [-0.2, -0.15) is 0 Å². The van der Waals surface area contributed by atoms with Crippen molar-refractivity contribution in [3.05, 3.63) is 79.7 Å². The first kappa shape index (κ1) is 25.0. The summed E-state index contributed by atoms with van der Waals surface area (Å²) in [7, 11) is 0. The molecule has 0 amide bonds. The van der Waals surface area contributed by atoms with E-state index in [1.165, 1.54) is 0 Å². The van der Waals surface area contributed by atoms with Crippen LogP contribution >= 0.6 is 0 Å². The van der Waals surface area contributed by atoms with Gasteiger partial charge in [-0.25, -0.2) is 9.97 Å². The fourth-order valence-electron chi connectivity index (χ4n) is 1.52. The van der Waals surface area contributed by atoms with Crippen LogP contribution in [-0.2, 0) is 0 Å². The van der Waals surface area contributed by atoms with E-state index in [0.29, 0.717) is 11.8 Å². The molecule has 0 saturated carbocycles. The van der Waals surface area contributed by atoms with Gasteiger partial charge in [-0.3, -0.25) is 0 Å². The molecule has 27 heavy (non-hydrogen) atoms. The Morgan fingerprint density at radius 2 is 0.963 bits per heavy atom. The van der Waals surface area contributed by atoms with Crippen molar-refractivity contribution < 1.29 is 35.5 Å². The highest BCUT2D eigenvalue weighted by Gasteiger charge is 2.10. The van der Waals surface area contributed by atoms with Gasteiger partial charge in [0, 0.05) is 24.3 Å². The minimum absolute atomic E-state index is 0. The lowest BCUT2D eigenvalue weighted by atomic mass is 10.3. The van der Waals surface area contributed by atoms with Gasteiger partial charge in [0.25, 0.3) is 0 Å². The highest BCUT2D eigenvalue weighted by atomic mass is 16.9. The van der Waals surface area contributed by atoms with Crippen molar-refractivity contribution in [1.82, 2.24) is 10.2 Å². The molecule has 0 atom stereocenters. The molecule has 0 aliphatic rings. The Morgan fingerprint density at radius 1 is 0.704 bits per heavy atom. The van der Waals surface area contributed by atoms with Gasteiger partial charge in [0.15, 0.2) is 24.8 Å². The molecule has 15 nitrogen and oxygen atoms in total. The van der Waals surface area contributed by atoms with E-state index < -0.39 is 10.2 Å². The Kier molecular flexibility index (Phi) is 12.1. The van der Waals surface area contributed by atoms with E-state index in [-0.39, 0.29) is 11.0 Å². The molecule has 3 rings (SSSR count). The smallest absolute Gasteiger partial charge is 0.248 e. The number of aromatic amines is 2. The Balaban J connectivity index is 0. The Morgan fingerprint density at radius 3 is 1.22 bits per heavy atom. The lowest BCUT2D eigenvalue weighted by molar-refractivity contribution is -0.403. The zero-order chi connectivity index (χ0) is 18.7. The number of pyridine rings is 2. The van der Waals surface area contributed by atoms with Gasteiger partial charge in [0.05, 0.1) is 21.3 Å². The molecule has 0 radical (unpaired) electrons. The summed E-state index contributed by atoms with van der Waals surface area (Å²) in [6, 6.07) is 7.54. The van der Waals surface area contributed by atoms with Crippen LogP contribution in [0.25, 0.3) is 22.9 Å². The van der Waals surface area contributed by atoms with Crippen molar-refractivity contribution in [3.63, 3.8) is 0 Å². The number of nitrogens with zero attached hydrogens (tertiary/aromatic N) is 4. The SMILES string of the molecule is O.O.O=[N+]([O-])[O-].O=[N+]([O-])[O-].c1cc(-c2nnc(-c3cc[nH+]cc3)o2)cc[nH+]1. The number of H-pyrrole nitrogens is 2. The zero-order valence-electron chi connectivity index (χ0n) is 13.3.